The Balaban J connectivity index is 2.04. The normalized spacial score (nSPS) is 10.9. The highest BCUT2D eigenvalue weighted by Gasteiger charge is 2.11. The van der Waals surface area contributed by atoms with E-state index in [1.54, 1.807) is 24.8 Å². The van der Waals surface area contributed by atoms with E-state index >= 15 is 0 Å². The lowest BCUT2D eigenvalue weighted by Gasteiger charge is -2.22. The highest BCUT2D eigenvalue weighted by Crippen LogP contribution is 2.22. The third-order valence-corrected chi connectivity index (χ3v) is 3.99. The maximum atomic E-state index is 11.5. The quantitative estimate of drug-likeness (QED) is 0.725. The molecular formula is C18H20N6O. The Hall–Kier alpha value is -3.22. The Morgan fingerprint density at radius 3 is 2.88 bits per heavy atom. The standard InChI is InChI=1S/C18H20N6O/c1-5-18(25)21-13-6-7-14-15(8-13)24(11-20-14)17-10-19-9-16(22-17)23(4)12(2)3/h5-12H,1H2,2-4H3,(H,21,25). The molecule has 0 bridgehead atoms. The van der Waals surface area contributed by atoms with Crippen LogP contribution in [-0.4, -0.2) is 38.5 Å². The van der Waals surface area contributed by atoms with Crippen LogP contribution in [0.4, 0.5) is 11.5 Å². The van der Waals surface area contributed by atoms with Crippen molar-refractivity contribution in [2.45, 2.75) is 19.9 Å². The highest BCUT2D eigenvalue weighted by atomic mass is 16.1. The topological polar surface area (TPSA) is 75.9 Å². The lowest BCUT2D eigenvalue weighted by Crippen LogP contribution is -2.26. The van der Waals surface area contributed by atoms with Crippen molar-refractivity contribution in [2.75, 3.05) is 17.3 Å². The van der Waals surface area contributed by atoms with E-state index in [1.165, 1.54) is 6.08 Å². The van der Waals surface area contributed by atoms with Crippen LogP contribution in [0.5, 0.6) is 0 Å². The summed E-state index contributed by atoms with van der Waals surface area (Å²) in [4.78, 5) is 26.9. The van der Waals surface area contributed by atoms with Crippen LogP contribution in [0.1, 0.15) is 13.8 Å². The number of carbonyl (C=O) groups excluding carboxylic acids is 1. The molecule has 25 heavy (non-hydrogen) atoms. The number of anilines is 2. The lowest BCUT2D eigenvalue weighted by atomic mass is 10.2. The fraction of sp³-hybridized carbons (Fsp3) is 0.222. The zero-order chi connectivity index (χ0) is 18.0. The second-order valence-electron chi connectivity index (χ2n) is 5.95. The molecule has 0 unspecified atom stereocenters. The summed E-state index contributed by atoms with van der Waals surface area (Å²) in [6.45, 7) is 7.65. The number of hydrogen-bond donors (Lipinski definition) is 1. The van der Waals surface area contributed by atoms with Gasteiger partial charge in [-0.3, -0.25) is 14.3 Å². The van der Waals surface area contributed by atoms with E-state index < -0.39 is 0 Å². The molecule has 128 valence electrons. The summed E-state index contributed by atoms with van der Waals surface area (Å²) >= 11 is 0. The van der Waals surface area contributed by atoms with Crippen LogP contribution in [0.2, 0.25) is 0 Å². The summed E-state index contributed by atoms with van der Waals surface area (Å²) in [5.41, 5.74) is 2.31. The fourth-order valence-electron chi connectivity index (χ4n) is 2.36. The SMILES string of the molecule is C=CC(=O)Nc1ccc2ncn(-c3cncc(N(C)C(C)C)n3)c2c1. The summed E-state index contributed by atoms with van der Waals surface area (Å²) in [7, 11) is 1.98. The molecule has 0 saturated heterocycles. The molecule has 0 radical (unpaired) electrons. The zero-order valence-electron chi connectivity index (χ0n) is 14.5. The summed E-state index contributed by atoms with van der Waals surface area (Å²) in [5, 5.41) is 2.75. The number of nitrogens with one attached hydrogen (secondary N) is 1. The number of hydrogen-bond acceptors (Lipinski definition) is 5. The smallest absolute Gasteiger partial charge is 0.247 e. The molecule has 3 aromatic rings. The van der Waals surface area contributed by atoms with E-state index in [2.05, 4.69) is 40.7 Å². The average molecular weight is 336 g/mol. The van der Waals surface area contributed by atoms with E-state index in [1.807, 2.05) is 28.6 Å². The van der Waals surface area contributed by atoms with Gasteiger partial charge in [-0.1, -0.05) is 6.58 Å². The summed E-state index contributed by atoms with van der Waals surface area (Å²) in [6.07, 6.45) is 6.36. The van der Waals surface area contributed by atoms with Gasteiger partial charge in [0.15, 0.2) is 5.82 Å². The van der Waals surface area contributed by atoms with Gasteiger partial charge in [0.1, 0.15) is 12.1 Å². The van der Waals surface area contributed by atoms with Gasteiger partial charge in [0.2, 0.25) is 5.91 Å². The molecule has 1 N–H and O–H groups in total. The van der Waals surface area contributed by atoms with E-state index in [0.717, 1.165) is 16.9 Å². The molecule has 0 spiro atoms. The Morgan fingerprint density at radius 2 is 2.16 bits per heavy atom. The molecule has 2 aromatic heterocycles. The highest BCUT2D eigenvalue weighted by molar-refractivity contribution is 6.00. The van der Waals surface area contributed by atoms with Crippen LogP contribution in [-0.2, 0) is 4.79 Å². The van der Waals surface area contributed by atoms with Crippen LogP contribution in [0.3, 0.4) is 0 Å². The molecular weight excluding hydrogens is 316 g/mol. The molecule has 0 aliphatic carbocycles. The third kappa shape index (κ3) is 3.35. The maximum Gasteiger partial charge on any atom is 0.247 e. The van der Waals surface area contributed by atoms with E-state index in [0.29, 0.717) is 17.5 Å². The summed E-state index contributed by atoms with van der Waals surface area (Å²) < 4.78 is 1.85. The van der Waals surface area contributed by atoms with Gasteiger partial charge in [-0.2, -0.15) is 0 Å². The molecule has 3 rings (SSSR count). The van der Waals surface area contributed by atoms with Crippen molar-refractivity contribution < 1.29 is 4.79 Å². The molecule has 7 heteroatoms. The number of nitrogens with zero attached hydrogens (tertiary/aromatic N) is 5. The number of benzene rings is 1. The number of fused-ring (bicyclic) bond motifs is 1. The second kappa shape index (κ2) is 6.72. The molecule has 7 nitrogen and oxygen atoms in total. The van der Waals surface area contributed by atoms with Crippen molar-refractivity contribution in [3.8, 4) is 5.82 Å². The van der Waals surface area contributed by atoms with Gasteiger partial charge in [-0.05, 0) is 38.1 Å². The van der Waals surface area contributed by atoms with Gasteiger partial charge in [0, 0.05) is 18.8 Å². The number of amides is 1. The van der Waals surface area contributed by atoms with Crippen LogP contribution < -0.4 is 10.2 Å². The lowest BCUT2D eigenvalue weighted by molar-refractivity contribution is -0.111. The number of carbonyl (C=O) groups is 1. The van der Waals surface area contributed by atoms with Crippen molar-refractivity contribution in [1.29, 1.82) is 0 Å². The van der Waals surface area contributed by atoms with Crippen LogP contribution in [0.15, 0.2) is 49.6 Å². The first-order valence-electron chi connectivity index (χ1n) is 7.95. The molecule has 0 saturated carbocycles. The molecule has 0 fully saturated rings. The van der Waals surface area contributed by atoms with Gasteiger partial charge in [0.25, 0.3) is 0 Å². The minimum Gasteiger partial charge on any atom is -0.356 e. The van der Waals surface area contributed by atoms with E-state index in [-0.39, 0.29) is 5.91 Å². The van der Waals surface area contributed by atoms with Gasteiger partial charge in [-0.25, -0.2) is 9.97 Å². The Bertz CT molecular complexity index is 930. The first-order chi connectivity index (χ1) is 12.0. The molecule has 2 heterocycles. The van der Waals surface area contributed by atoms with Crippen molar-refractivity contribution >= 4 is 28.4 Å². The number of imidazole rings is 1. The minimum absolute atomic E-state index is 0.259. The average Bonchev–Trinajstić information content (AvgIpc) is 3.04. The van der Waals surface area contributed by atoms with Crippen LogP contribution in [0, 0.1) is 0 Å². The fourth-order valence-corrected chi connectivity index (χ4v) is 2.36. The predicted octanol–water partition coefficient (Wildman–Crippen LogP) is 2.78. The maximum absolute atomic E-state index is 11.5. The molecule has 0 aliphatic rings. The van der Waals surface area contributed by atoms with Crippen molar-refractivity contribution in [1.82, 2.24) is 19.5 Å². The van der Waals surface area contributed by atoms with E-state index in [9.17, 15) is 4.79 Å². The second-order valence-corrected chi connectivity index (χ2v) is 5.95. The van der Waals surface area contributed by atoms with Crippen LogP contribution in [0.25, 0.3) is 16.9 Å². The molecule has 1 amide bonds. The van der Waals surface area contributed by atoms with Crippen LogP contribution >= 0.6 is 0 Å². The van der Waals surface area contributed by atoms with Gasteiger partial charge in [0.05, 0.1) is 23.4 Å². The van der Waals surface area contributed by atoms with Crippen molar-refractivity contribution in [2.24, 2.45) is 0 Å². The first-order valence-corrected chi connectivity index (χ1v) is 7.95. The molecule has 1 aromatic carbocycles. The van der Waals surface area contributed by atoms with Crippen molar-refractivity contribution in [3.05, 3.63) is 49.6 Å². The van der Waals surface area contributed by atoms with Crippen molar-refractivity contribution in [3.63, 3.8) is 0 Å². The monoisotopic (exact) mass is 336 g/mol. The van der Waals surface area contributed by atoms with E-state index in [4.69, 9.17) is 0 Å². The number of aromatic nitrogens is 4. The van der Waals surface area contributed by atoms with Gasteiger partial charge < -0.3 is 10.2 Å². The summed E-state index contributed by atoms with van der Waals surface area (Å²) in [5.74, 6) is 1.19. The Labute approximate surface area is 146 Å². The van der Waals surface area contributed by atoms with Gasteiger partial charge >= 0.3 is 0 Å². The first kappa shape index (κ1) is 16.6. The number of rotatable bonds is 5. The largest absolute Gasteiger partial charge is 0.356 e. The molecule has 0 atom stereocenters. The zero-order valence-corrected chi connectivity index (χ0v) is 14.5. The predicted molar refractivity (Wildman–Crippen MR) is 99.0 cm³/mol. The Morgan fingerprint density at radius 1 is 1.36 bits per heavy atom. The third-order valence-electron chi connectivity index (χ3n) is 3.99. The minimum atomic E-state index is -0.259. The van der Waals surface area contributed by atoms with Gasteiger partial charge in [-0.15, -0.1) is 0 Å². The molecule has 0 aliphatic heterocycles. The Kier molecular flexibility index (Phi) is 4.47. The summed E-state index contributed by atoms with van der Waals surface area (Å²) in [6, 6.07) is 5.81.